The van der Waals surface area contributed by atoms with E-state index in [2.05, 4.69) is 10.0 Å². The summed E-state index contributed by atoms with van der Waals surface area (Å²) < 4.78 is 33.8. The number of hydrogen-bond acceptors (Lipinski definition) is 4. The third kappa shape index (κ3) is 5.61. The monoisotopic (exact) mass is 424 g/mol. The molecule has 3 aromatic rings. The molecular formula is C23H24N2O4S. The normalized spacial score (nSPS) is 11.0. The van der Waals surface area contributed by atoms with Crippen LogP contribution in [0.2, 0.25) is 0 Å². The van der Waals surface area contributed by atoms with Gasteiger partial charge in [-0.3, -0.25) is 9.52 Å². The zero-order chi connectivity index (χ0) is 21.7. The summed E-state index contributed by atoms with van der Waals surface area (Å²) in [6.07, 6.45) is 0. The molecule has 0 saturated carbocycles. The van der Waals surface area contributed by atoms with Crippen molar-refractivity contribution in [3.05, 3.63) is 83.4 Å². The quantitative estimate of drug-likeness (QED) is 0.588. The van der Waals surface area contributed by atoms with E-state index < -0.39 is 10.0 Å². The zero-order valence-electron chi connectivity index (χ0n) is 17.1. The topological polar surface area (TPSA) is 84.5 Å². The Bertz CT molecular complexity index is 1160. The molecule has 0 aliphatic heterocycles. The Morgan fingerprint density at radius 3 is 2.30 bits per heavy atom. The molecular weight excluding hydrogens is 400 g/mol. The van der Waals surface area contributed by atoms with Crippen molar-refractivity contribution in [2.75, 3.05) is 16.6 Å². The van der Waals surface area contributed by atoms with Gasteiger partial charge in [0.1, 0.15) is 5.75 Å². The number of aryl methyl sites for hydroxylation is 3. The number of ether oxygens (including phenoxy) is 1. The van der Waals surface area contributed by atoms with E-state index in [9.17, 15) is 13.2 Å². The summed E-state index contributed by atoms with van der Waals surface area (Å²) in [4.78, 5) is 12.3. The lowest BCUT2D eigenvalue weighted by atomic mass is 10.2. The zero-order valence-corrected chi connectivity index (χ0v) is 17.9. The molecule has 0 aliphatic carbocycles. The Morgan fingerprint density at radius 1 is 0.867 bits per heavy atom. The highest BCUT2D eigenvalue weighted by molar-refractivity contribution is 7.92. The fourth-order valence-electron chi connectivity index (χ4n) is 2.87. The average molecular weight is 425 g/mol. The van der Waals surface area contributed by atoms with Crippen molar-refractivity contribution in [2.24, 2.45) is 0 Å². The number of anilines is 2. The molecule has 30 heavy (non-hydrogen) atoms. The first-order chi connectivity index (χ1) is 14.2. The molecule has 0 radical (unpaired) electrons. The maximum absolute atomic E-state index is 12.9. The van der Waals surface area contributed by atoms with Crippen LogP contribution in [-0.4, -0.2) is 20.9 Å². The van der Waals surface area contributed by atoms with Gasteiger partial charge in [-0.15, -0.1) is 0 Å². The molecule has 6 nitrogen and oxygen atoms in total. The SMILES string of the molecule is Cc1ccc(OCC(=O)Nc2ccc(C)c(S(=O)(=O)Nc3cccc(C)c3)c2)cc1. The first kappa shape index (κ1) is 21.4. The van der Waals surface area contributed by atoms with E-state index >= 15 is 0 Å². The number of amides is 1. The van der Waals surface area contributed by atoms with Crippen LogP contribution >= 0.6 is 0 Å². The summed E-state index contributed by atoms with van der Waals surface area (Å²) in [5.74, 6) is 0.208. The van der Waals surface area contributed by atoms with Crippen molar-refractivity contribution in [1.29, 1.82) is 0 Å². The lowest BCUT2D eigenvalue weighted by Crippen LogP contribution is -2.21. The minimum Gasteiger partial charge on any atom is -0.484 e. The van der Waals surface area contributed by atoms with Crippen molar-refractivity contribution in [2.45, 2.75) is 25.7 Å². The Kier molecular flexibility index (Phi) is 6.42. The third-order valence-electron chi connectivity index (χ3n) is 4.42. The maximum atomic E-state index is 12.9. The highest BCUT2D eigenvalue weighted by Crippen LogP contribution is 2.23. The Morgan fingerprint density at radius 2 is 1.60 bits per heavy atom. The fourth-order valence-corrected chi connectivity index (χ4v) is 4.19. The van der Waals surface area contributed by atoms with Gasteiger partial charge in [-0.1, -0.05) is 35.9 Å². The molecule has 2 N–H and O–H groups in total. The van der Waals surface area contributed by atoms with E-state index in [0.29, 0.717) is 22.7 Å². The van der Waals surface area contributed by atoms with Crippen LogP contribution in [0.4, 0.5) is 11.4 Å². The van der Waals surface area contributed by atoms with Gasteiger partial charge in [0.15, 0.2) is 6.61 Å². The predicted molar refractivity (Wildman–Crippen MR) is 118 cm³/mol. The van der Waals surface area contributed by atoms with Crippen LogP contribution in [0.25, 0.3) is 0 Å². The predicted octanol–water partition coefficient (Wildman–Crippen LogP) is 4.43. The standard InChI is InChI=1S/C23H24N2O4S/c1-16-7-11-21(12-8-16)29-15-23(26)24-19-10-9-18(3)22(14-19)30(27,28)25-20-6-4-5-17(2)13-20/h4-14,25H,15H2,1-3H3,(H,24,26). The number of rotatable bonds is 7. The molecule has 1 amide bonds. The molecule has 0 bridgehead atoms. The van der Waals surface area contributed by atoms with Gasteiger partial charge >= 0.3 is 0 Å². The summed E-state index contributed by atoms with van der Waals surface area (Å²) in [7, 11) is -3.81. The number of nitrogens with one attached hydrogen (secondary N) is 2. The van der Waals surface area contributed by atoms with Crippen LogP contribution in [0.5, 0.6) is 5.75 Å². The fraction of sp³-hybridized carbons (Fsp3) is 0.174. The minimum absolute atomic E-state index is 0.0984. The van der Waals surface area contributed by atoms with Gasteiger partial charge in [0.25, 0.3) is 15.9 Å². The summed E-state index contributed by atoms with van der Waals surface area (Å²) in [5.41, 5.74) is 3.48. The van der Waals surface area contributed by atoms with Gasteiger partial charge < -0.3 is 10.1 Å². The lowest BCUT2D eigenvalue weighted by molar-refractivity contribution is -0.118. The molecule has 0 atom stereocenters. The van der Waals surface area contributed by atoms with E-state index in [4.69, 9.17) is 4.74 Å². The molecule has 3 aromatic carbocycles. The molecule has 3 rings (SSSR count). The van der Waals surface area contributed by atoms with Crippen molar-refractivity contribution in [3.8, 4) is 5.75 Å². The van der Waals surface area contributed by atoms with Crippen molar-refractivity contribution in [1.82, 2.24) is 0 Å². The Balaban J connectivity index is 1.70. The summed E-state index contributed by atoms with van der Waals surface area (Å²) in [6, 6.07) is 19.2. The molecule has 0 fully saturated rings. The molecule has 0 heterocycles. The highest BCUT2D eigenvalue weighted by atomic mass is 32.2. The number of benzene rings is 3. The first-order valence-corrected chi connectivity index (χ1v) is 10.9. The van der Waals surface area contributed by atoms with Gasteiger partial charge in [0.2, 0.25) is 0 Å². The minimum atomic E-state index is -3.81. The smallest absolute Gasteiger partial charge is 0.262 e. The van der Waals surface area contributed by atoms with Gasteiger partial charge in [-0.2, -0.15) is 0 Å². The summed E-state index contributed by atoms with van der Waals surface area (Å²) in [6.45, 7) is 5.38. The second-order valence-electron chi connectivity index (χ2n) is 7.11. The van der Waals surface area contributed by atoms with Crippen molar-refractivity contribution in [3.63, 3.8) is 0 Å². The van der Waals surface area contributed by atoms with E-state index in [-0.39, 0.29) is 17.4 Å². The molecule has 0 spiro atoms. The van der Waals surface area contributed by atoms with E-state index in [0.717, 1.165) is 11.1 Å². The van der Waals surface area contributed by atoms with E-state index in [1.807, 2.05) is 32.0 Å². The summed E-state index contributed by atoms with van der Waals surface area (Å²) >= 11 is 0. The van der Waals surface area contributed by atoms with Gasteiger partial charge in [0, 0.05) is 11.4 Å². The molecule has 7 heteroatoms. The Labute approximate surface area is 177 Å². The highest BCUT2D eigenvalue weighted by Gasteiger charge is 2.18. The van der Waals surface area contributed by atoms with Crippen LogP contribution in [-0.2, 0) is 14.8 Å². The molecule has 0 saturated heterocycles. The second-order valence-corrected chi connectivity index (χ2v) is 8.76. The number of carbonyl (C=O) groups is 1. The Hall–Kier alpha value is -3.32. The van der Waals surface area contributed by atoms with Gasteiger partial charge in [-0.25, -0.2) is 8.42 Å². The lowest BCUT2D eigenvalue weighted by Gasteiger charge is -2.13. The van der Waals surface area contributed by atoms with E-state index in [1.54, 1.807) is 49.4 Å². The summed E-state index contributed by atoms with van der Waals surface area (Å²) in [5, 5.41) is 2.68. The number of sulfonamides is 1. The molecule has 156 valence electrons. The largest absolute Gasteiger partial charge is 0.484 e. The maximum Gasteiger partial charge on any atom is 0.262 e. The average Bonchev–Trinajstić information content (AvgIpc) is 2.68. The van der Waals surface area contributed by atoms with Gasteiger partial charge in [-0.05, 0) is 68.3 Å². The van der Waals surface area contributed by atoms with Crippen LogP contribution in [0.15, 0.2) is 71.6 Å². The second kappa shape index (κ2) is 9.00. The van der Waals surface area contributed by atoms with Crippen LogP contribution in [0, 0.1) is 20.8 Å². The van der Waals surface area contributed by atoms with Crippen LogP contribution in [0.3, 0.4) is 0 Å². The van der Waals surface area contributed by atoms with E-state index in [1.165, 1.54) is 6.07 Å². The number of carbonyl (C=O) groups excluding carboxylic acids is 1. The molecule has 0 aromatic heterocycles. The van der Waals surface area contributed by atoms with Gasteiger partial charge in [0.05, 0.1) is 4.90 Å². The molecule has 0 unspecified atom stereocenters. The number of hydrogen-bond donors (Lipinski definition) is 2. The van der Waals surface area contributed by atoms with Crippen LogP contribution in [0.1, 0.15) is 16.7 Å². The first-order valence-electron chi connectivity index (χ1n) is 9.42. The third-order valence-corrected chi connectivity index (χ3v) is 5.95. The van der Waals surface area contributed by atoms with Crippen LogP contribution < -0.4 is 14.8 Å². The van der Waals surface area contributed by atoms with Crippen molar-refractivity contribution >= 4 is 27.3 Å². The molecule has 0 aliphatic rings. The van der Waals surface area contributed by atoms with Crippen molar-refractivity contribution < 1.29 is 17.9 Å².